The molecule has 5 rings (SSSR count). The summed E-state index contributed by atoms with van der Waals surface area (Å²) in [6.45, 7) is 6.60. The van der Waals surface area contributed by atoms with Gasteiger partial charge in [-0.2, -0.15) is 18.0 Å². The van der Waals surface area contributed by atoms with Crippen LogP contribution in [0.4, 0.5) is 13.2 Å². The van der Waals surface area contributed by atoms with Crippen LogP contribution in [-0.4, -0.2) is 125 Å². The standard InChI is InChI=1S/C24H29ClN10O2.C2HF3O2/c1-17-27-31-35(29-17)16-19-14-20(25)4-2-18(19)3-5-23(36)33-12-10-32(11-13-33)21-6-8-34(9-7-21)24(37)22-15-26-30-28-22;3-2(4,5)1(6)7/h2-5,14-15,21H,6-13,16H2,1H3,(H,26,28,30);(H,6,7). The molecule has 0 bridgehead atoms. The van der Waals surface area contributed by atoms with Crippen LogP contribution in [0.2, 0.25) is 5.02 Å². The first-order valence-corrected chi connectivity index (χ1v) is 14.0. The van der Waals surface area contributed by atoms with Crippen LogP contribution >= 0.6 is 11.6 Å². The van der Waals surface area contributed by atoms with Gasteiger partial charge in [0, 0.05) is 56.4 Å². The highest BCUT2D eigenvalue weighted by atomic mass is 35.5. The van der Waals surface area contributed by atoms with Crippen molar-refractivity contribution in [3.8, 4) is 0 Å². The van der Waals surface area contributed by atoms with Crippen LogP contribution in [0.3, 0.4) is 0 Å². The molecule has 18 heteroatoms. The van der Waals surface area contributed by atoms with Gasteiger partial charge in [0.05, 0.1) is 12.7 Å². The number of aliphatic carboxylic acids is 1. The number of alkyl halides is 3. The van der Waals surface area contributed by atoms with Crippen LogP contribution in [0.5, 0.6) is 0 Å². The number of hydrogen-bond donors (Lipinski definition) is 2. The summed E-state index contributed by atoms with van der Waals surface area (Å²) in [6.07, 6.45) is 1.72. The van der Waals surface area contributed by atoms with Crippen molar-refractivity contribution < 1.29 is 32.7 Å². The number of aromatic amines is 1. The summed E-state index contributed by atoms with van der Waals surface area (Å²) in [5.74, 6) is -2.25. The summed E-state index contributed by atoms with van der Waals surface area (Å²) in [7, 11) is 0. The number of benzene rings is 1. The second-order valence-electron chi connectivity index (χ2n) is 10.1. The topological polar surface area (TPSA) is 166 Å². The number of carboxylic acids is 1. The Kier molecular flexibility index (Phi) is 10.6. The number of amides is 2. The minimum Gasteiger partial charge on any atom is -0.475 e. The third kappa shape index (κ3) is 8.82. The molecule has 2 amide bonds. The van der Waals surface area contributed by atoms with E-state index in [0.717, 1.165) is 37.1 Å². The molecule has 0 atom stereocenters. The van der Waals surface area contributed by atoms with Gasteiger partial charge in [-0.3, -0.25) is 19.6 Å². The fraction of sp³-hybridized carbons (Fsp3) is 0.462. The second-order valence-corrected chi connectivity index (χ2v) is 10.5. The van der Waals surface area contributed by atoms with E-state index in [9.17, 15) is 22.8 Å². The van der Waals surface area contributed by atoms with Crippen molar-refractivity contribution in [2.75, 3.05) is 39.3 Å². The smallest absolute Gasteiger partial charge is 0.475 e. The third-order valence-electron chi connectivity index (χ3n) is 7.15. The van der Waals surface area contributed by atoms with Gasteiger partial charge in [-0.05, 0) is 54.3 Å². The zero-order chi connectivity index (χ0) is 31.9. The summed E-state index contributed by atoms with van der Waals surface area (Å²) in [5.41, 5.74) is 2.15. The number of piperidine rings is 1. The number of tetrazole rings is 1. The fourth-order valence-electron chi connectivity index (χ4n) is 4.89. The van der Waals surface area contributed by atoms with Gasteiger partial charge >= 0.3 is 12.1 Å². The normalized spacial score (nSPS) is 16.6. The molecule has 2 aliphatic rings. The maximum absolute atomic E-state index is 12.9. The van der Waals surface area contributed by atoms with E-state index in [1.165, 1.54) is 11.0 Å². The summed E-state index contributed by atoms with van der Waals surface area (Å²) in [5, 5.41) is 29.9. The van der Waals surface area contributed by atoms with Crippen molar-refractivity contribution in [1.82, 2.24) is 50.3 Å². The Labute approximate surface area is 254 Å². The molecule has 0 radical (unpaired) electrons. The summed E-state index contributed by atoms with van der Waals surface area (Å²) in [4.78, 5) is 42.0. The molecule has 2 N–H and O–H groups in total. The lowest BCUT2D eigenvalue weighted by Crippen LogP contribution is -2.54. The van der Waals surface area contributed by atoms with Crippen LogP contribution < -0.4 is 0 Å². The molecule has 0 saturated carbocycles. The predicted molar refractivity (Wildman–Crippen MR) is 149 cm³/mol. The van der Waals surface area contributed by atoms with Crippen molar-refractivity contribution in [2.24, 2.45) is 0 Å². The highest BCUT2D eigenvalue weighted by Crippen LogP contribution is 2.21. The van der Waals surface area contributed by atoms with Gasteiger partial charge in [0.1, 0.15) is 0 Å². The SMILES string of the molecule is Cc1nnn(Cc2cc(Cl)ccc2C=CC(=O)N2CCN(C3CCN(C(=O)c4c[nH]nn4)CC3)CC2)n1.O=C(O)C(F)(F)F. The Hall–Kier alpha value is -4.38. The molecular weight excluding hydrogens is 609 g/mol. The second kappa shape index (κ2) is 14.4. The van der Waals surface area contributed by atoms with Crippen molar-refractivity contribution >= 4 is 35.5 Å². The number of carbonyl (C=O) groups excluding carboxylic acids is 2. The van der Waals surface area contributed by atoms with Crippen molar-refractivity contribution in [2.45, 2.75) is 38.5 Å². The summed E-state index contributed by atoms with van der Waals surface area (Å²) < 4.78 is 31.7. The quantitative estimate of drug-likeness (QED) is 0.381. The minimum atomic E-state index is -5.08. The Morgan fingerprint density at radius 3 is 2.32 bits per heavy atom. The number of nitrogens with zero attached hydrogens (tertiary/aromatic N) is 9. The molecule has 2 saturated heterocycles. The number of aryl methyl sites for hydroxylation is 1. The summed E-state index contributed by atoms with van der Waals surface area (Å²) >= 11 is 6.20. The highest BCUT2D eigenvalue weighted by Gasteiger charge is 2.38. The lowest BCUT2D eigenvalue weighted by atomic mass is 10.0. The molecule has 2 fully saturated rings. The number of H-pyrrole nitrogens is 1. The summed E-state index contributed by atoms with van der Waals surface area (Å²) in [6, 6.07) is 5.97. The average molecular weight is 639 g/mol. The van der Waals surface area contributed by atoms with Crippen LogP contribution in [0, 0.1) is 6.92 Å². The predicted octanol–water partition coefficient (Wildman–Crippen LogP) is 1.90. The largest absolute Gasteiger partial charge is 0.490 e. The van der Waals surface area contributed by atoms with Gasteiger partial charge in [0.25, 0.3) is 5.91 Å². The number of likely N-dealkylation sites (tertiary alicyclic amines) is 1. The highest BCUT2D eigenvalue weighted by molar-refractivity contribution is 6.30. The first kappa shape index (κ1) is 32.5. The van der Waals surface area contributed by atoms with Gasteiger partial charge < -0.3 is 14.9 Å². The molecule has 1 aromatic carbocycles. The molecule has 14 nitrogen and oxygen atoms in total. The number of aromatic nitrogens is 7. The van der Waals surface area contributed by atoms with Crippen LogP contribution in [0.25, 0.3) is 6.08 Å². The zero-order valence-electron chi connectivity index (χ0n) is 23.6. The number of rotatable bonds is 6. The first-order valence-electron chi connectivity index (χ1n) is 13.6. The van der Waals surface area contributed by atoms with Crippen molar-refractivity contribution in [3.05, 3.63) is 58.1 Å². The van der Waals surface area contributed by atoms with Crippen LogP contribution in [0.1, 0.15) is 40.3 Å². The fourth-order valence-corrected chi connectivity index (χ4v) is 5.09. The number of halogens is 4. The number of carboxylic acid groups (broad SMARTS) is 1. The van der Waals surface area contributed by atoms with E-state index in [2.05, 4.69) is 35.7 Å². The van der Waals surface area contributed by atoms with E-state index in [4.69, 9.17) is 21.5 Å². The molecule has 4 heterocycles. The molecule has 3 aromatic rings. The van der Waals surface area contributed by atoms with E-state index < -0.39 is 12.1 Å². The molecule has 236 valence electrons. The molecule has 2 aromatic heterocycles. The van der Waals surface area contributed by atoms with Gasteiger partial charge in [0.15, 0.2) is 11.5 Å². The third-order valence-corrected chi connectivity index (χ3v) is 7.38. The molecular formula is C26H30ClF3N10O4. The van der Waals surface area contributed by atoms with Gasteiger partial charge in [-0.15, -0.1) is 15.3 Å². The average Bonchev–Trinajstić information content (AvgIpc) is 3.68. The minimum absolute atomic E-state index is 0.0108. The number of carbonyl (C=O) groups is 3. The van der Waals surface area contributed by atoms with Crippen molar-refractivity contribution in [1.29, 1.82) is 0 Å². The molecule has 44 heavy (non-hydrogen) atoms. The lowest BCUT2D eigenvalue weighted by Gasteiger charge is -2.42. The van der Waals surface area contributed by atoms with Crippen LogP contribution in [0.15, 0.2) is 30.5 Å². The molecule has 0 unspecified atom stereocenters. The van der Waals surface area contributed by atoms with E-state index in [1.54, 1.807) is 19.1 Å². The maximum Gasteiger partial charge on any atom is 0.490 e. The number of nitrogens with one attached hydrogen (secondary N) is 1. The monoisotopic (exact) mass is 638 g/mol. The van der Waals surface area contributed by atoms with Crippen molar-refractivity contribution in [3.63, 3.8) is 0 Å². The van der Waals surface area contributed by atoms with E-state index in [1.807, 2.05) is 28.0 Å². The number of piperazine rings is 1. The molecule has 2 aliphatic heterocycles. The van der Waals surface area contributed by atoms with E-state index in [-0.39, 0.29) is 11.8 Å². The van der Waals surface area contributed by atoms with Gasteiger partial charge in [-0.25, -0.2) is 4.79 Å². The Balaban J connectivity index is 0.000000566. The lowest BCUT2D eigenvalue weighted by molar-refractivity contribution is -0.192. The molecule has 0 aliphatic carbocycles. The Morgan fingerprint density at radius 2 is 1.75 bits per heavy atom. The number of hydrogen-bond acceptors (Lipinski definition) is 9. The van der Waals surface area contributed by atoms with Gasteiger partial charge in [-0.1, -0.05) is 22.9 Å². The van der Waals surface area contributed by atoms with E-state index >= 15 is 0 Å². The Bertz CT molecular complexity index is 1460. The Morgan fingerprint density at radius 1 is 1.07 bits per heavy atom. The van der Waals surface area contributed by atoms with E-state index in [0.29, 0.717) is 55.3 Å². The molecule has 0 spiro atoms. The maximum atomic E-state index is 12.9. The van der Waals surface area contributed by atoms with Gasteiger partial charge in [0.2, 0.25) is 5.91 Å². The van der Waals surface area contributed by atoms with Crippen LogP contribution in [-0.2, 0) is 16.1 Å². The first-order chi connectivity index (χ1) is 20.9. The zero-order valence-corrected chi connectivity index (χ0v) is 24.4.